The molecule has 12 aromatic rings. The van der Waals surface area contributed by atoms with Gasteiger partial charge >= 0.3 is 0 Å². The molecule has 2 aliphatic carbocycles. The Morgan fingerprint density at radius 3 is 1.51 bits per heavy atom. The van der Waals surface area contributed by atoms with Gasteiger partial charge in [-0.05, 0) is 119 Å². The summed E-state index contributed by atoms with van der Waals surface area (Å²) in [5.41, 5.74) is 18.2. The number of rotatable bonds is 8. The van der Waals surface area contributed by atoms with E-state index in [0.717, 1.165) is 6.42 Å². The van der Waals surface area contributed by atoms with Crippen molar-refractivity contribution in [1.82, 2.24) is 9.13 Å². The minimum absolute atomic E-state index is 0.369. The molecule has 2 aromatic heterocycles. The lowest BCUT2D eigenvalue weighted by molar-refractivity contribution is 0.648. The van der Waals surface area contributed by atoms with Crippen LogP contribution < -0.4 is 0 Å². The van der Waals surface area contributed by atoms with E-state index >= 15 is 0 Å². The quantitative estimate of drug-likeness (QED) is 0.144. The summed E-state index contributed by atoms with van der Waals surface area (Å²) in [6.45, 7) is 0. The van der Waals surface area contributed by atoms with Crippen molar-refractivity contribution in [3.8, 4) is 44.8 Å². The third kappa shape index (κ3) is 6.07. The number of fused-ring (bicyclic) bond motifs is 9. The summed E-state index contributed by atoms with van der Waals surface area (Å²) in [6.07, 6.45) is 13.0. The molecular formula is C70H48N2S. The van der Waals surface area contributed by atoms with E-state index in [1.165, 1.54) is 119 Å². The highest BCUT2D eigenvalue weighted by molar-refractivity contribution is 8.34. The number of allylic oxidation sites excluding steroid dienone is 5. The van der Waals surface area contributed by atoms with Crippen molar-refractivity contribution in [2.75, 3.05) is 0 Å². The third-order valence-electron chi connectivity index (χ3n) is 15.8. The van der Waals surface area contributed by atoms with Crippen LogP contribution in [0.5, 0.6) is 0 Å². The first-order valence-corrected chi connectivity index (χ1v) is 27.0. The van der Waals surface area contributed by atoms with Crippen LogP contribution in [0.15, 0.2) is 293 Å². The lowest BCUT2D eigenvalue weighted by Crippen LogP contribution is -2.33. The summed E-state index contributed by atoms with van der Waals surface area (Å²) >= 11 is 0. The van der Waals surface area contributed by atoms with E-state index in [0.29, 0.717) is 0 Å². The van der Waals surface area contributed by atoms with Crippen molar-refractivity contribution >= 4 is 54.4 Å². The molecule has 0 fully saturated rings. The molecule has 0 radical (unpaired) electrons. The molecule has 0 saturated heterocycles. The molecular weight excluding hydrogens is 901 g/mol. The zero-order chi connectivity index (χ0) is 48.1. The number of aromatic nitrogens is 2. The van der Waals surface area contributed by atoms with Crippen molar-refractivity contribution in [2.45, 2.75) is 31.4 Å². The van der Waals surface area contributed by atoms with Crippen LogP contribution in [0, 0.1) is 0 Å². The van der Waals surface area contributed by atoms with Crippen LogP contribution in [0.2, 0.25) is 0 Å². The van der Waals surface area contributed by atoms with Crippen LogP contribution >= 0.6 is 10.0 Å². The fourth-order valence-corrected chi connectivity index (χ4v) is 16.7. The Morgan fingerprint density at radius 1 is 0.397 bits per heavy atom. The van der Waals surface area contributed by atoms with E-state index < -0.39 is 10.0 Å². The van der Waals surface area contributed by atoms with Gasteiger partial charge in [0.05, 0.1) is 33.3 Å². The average Bonchev–Trinajstić information content (AvgIpc) is 4.16. The van der Waals surface area contributed by atoms with E-state index in [2.05, 4.69) is 288 Å². The van der Waals surface area contributed by atoms with E-state index in [1.54, 1.807) is 0 Å². The first kappa shape index (κ1) is 41.9. The predicted octanol–water partition coefficient (Wildman–Crippen LogP) is 18.7. The molecule has 2 nitrogen and oxygen atoms in total. The SMILES string of the molecule is C1=CC23CC=Cc4c2n(c2cccc(-n5c6ccccc6c6ccccc65)c42)-c2c(cc(S(c4ccccc4)(c4ccccc4)c4cc(-c5ccccc5)cc(-c5ccccc5)c4)cc2-c2ccccc2)C3=C1. The molecule has 0 amide bonds. The summed E-state index contributed by atoms with van der Waals surface area (Å²) in [6, 6.07) is 93.2. The number of hydrogen-bond acceptors (Lipinski definition) is 0. The summed E-state index contributed by atoms with van der Waals surface area (Å²) < 4.78 is 5.20. The minimum atomic E-state index is -2.24. The normalized spacial score (nSPS) is 15.6. The number of hydrogen-bond donors (Lipinski definition) is 0. The van der Waals surface area contributed by atoms with Gasteiger partial charge in [0.2, 0.25) is 0 Å². The van der Waals surface area contributed by atoms with Crippen LogP contribution in [0.25, 0.3) is 89.1 Å². The lowest BCUT2D eigenvalue weighted by atomic mass is 9.68. The highest BCUT2D eigenvalue weighted by Gasteiger charge is 2.48. The summed E-state index contributed by atoms with van der Waals surface area (Å²) in [5, 5.41) is 3.80. The Morgan fingerprint density at radius 2 is 0.904 bits per heavy atom. The van der Waals surface area contributed by atoms with Crippen LogP contribution in [0.3, 0.4) is 0 Å². The zero-order valence-electron chi connectivity index (χ0n) is 40.1. The Bertz CT molecular complexity index is 4110. The monoisotopic (exact) mass is 948 g/mol. The number of nitrogens with zero attached hydrogens (tertiary/aromatic N) is 2. The van der Waals surface area contributed by atoms with Gasteiger partial charge in [-0.2, -0.15) is 0 Å². The summed E-state index contributed by atoms with van der Waals surface area (Å²) in [4.78, 5) is 5.17. The lowest BCUT2D eigenvalue weighted by Gasteiger charge is -2.45. The van der Waals surface area contributed by atoms with E-state index in [1.807, 2.05) is 0 Å². The minimum Gasteiger partial charge on any atom is -0.310 e. The second-order valence-corrected chi connectivity index (χ2v) is 22.7. The molecule has 3 aliphatic rings. The fourth-order valence-electron chi connectivity index (χ4n) is 12.8. The maximum atomic E-state index is 2.69. The molecule has 1 atom stereocenters. The Labute approximate surface area is 427 Å². The van der Waals surface area contributed by atoms with Gasteiger partial charge in [0.1, 0.15) is 0 Å². The van der Waals surface area contributed by atoms with Gasteiger partial charge in [-0.1, -0.05) is 200 Å². The van der Waals surface area contributed by atoms with Gasteiger partial charge in [-0.15, -0.1) is 10.0 Å². The average molecular weight is 949 g/mol. The zero-order valence-corrected chi connectivity index (χ0v) is 40.9. The molecule has 73 heavy (non-hydrogen) atoms. The molecule has 1 aliphatic heterocycles. The van der Waals surface area contributed by atoms with Crippen molar-refractivity contribution in [3.05, 3.63) is 290 Å². The number of benzene rings is 10. The van der Waals surface area contributed by atoms with Crippen molar-refractivity contribution in [3.63, 3.8) is 0 Å². The standard InChI is InChI=1S/C70H48N2S/c1-6-23-48(24-7-1)51-43-52(49-25-8-2-9-26-49)45-55(44-51)73(53-29-12-4-13-30-53,54-31-14-5-15-32-54)56-46-60(50-27-10-3-11-28-50)68-61(47-56)62-36-22-42-70(62)41-21-35-59-67-65(39-20-40-66(67)72(68)69(59)70)71-63-37-18-16-33-57(63)58-34-17-19-38-64(58)71/h1-40,42-47H,41H2. The molecule has 1 unspecified atom stereocenters. The third-order valence-corrected chi connectivity index (χ3v) is 19.6. The van der Waals surface area contributed by atoms with Gasteiger partial charge < -0.3 is 9.13 Å². The molecule has 15 rings (SSSR count). The summed E-state index contributed by atoms with van der Waals surface area (Å²) in [7, 11) is -2.24. The van der Waals surface area contributed by atoms with Crippen molar-refractivity contribution in [1.29, 1.82) is 0 Å². The maximum Gasteiger partial charge on any atom is 0.0614 e. The fraction of sp³-hybridized carbons (Fsp3) is 0.0286. The smallest absolute Gasteiger partial charge is 0.0614 e. The van der Waals surface area contributed by atoms with Crippen LogP contribution in [-0.4, -0.2) is 9.13 Å². The van der Waals surface area contributed by atoms with Gasteiger partial charge in [-0.25, -0.2) is 0 Å². The molecule has 0 N–H and O–H groups in total. The van der Waals surface area contributed by atoms with Crippen LogP contribution in [0.4, 0.5) is 0 Å². The van der Waals surface area contributed by atoms with Gasteiger partial charge in [0, 0.05) is 58.1 Å². The van der Waals surface area contributed by atoms with Gasteiger partial charge in [0.15, 0.2) is 0 Å². The van der Waals surface area contributed by atoms with Crippen molar-refractivity contribution < 1.29 is 0 Å². The molecule has 0 bridgehead atoms. The largest absolute Gasteiger partial charge is 0.310 e. The molecule has 1 spiro atoms. The highest BCUT2D eigenvalue weighted by atomic mass is 32.3. The van der Waals surface area contributed by atoms with Gasteiger partial charge in [0.25, 0.3) is 0 Å². The second kappa shape index (κ2) is 16.3. The second-order valence-electron chi connectivity index (χ2n) is 19.6. The molecule has 10 aromatic carbocycles. The van der Waals surface area contributed by atoms with Crippen LogP contribution in [-0.2, 0) is 5.41 Å². The maximum absolute atomic E-state index is 2.69. The highest BCUT2D eigenvalue weighted by Crippen LogP contribution is 2.75. The number of para-hydroxylation sites is 2. The van der Waals surface area contributed by atoms with Crippen LogP contribution in [0.1, 0.15) is 23.2 Å². The van der Waals surface area contributed by atoms with Gasteiger partial charge in [-0.3, -0.25) is 0 Å². The van der Waals surface area contributed by atoms with E-state index in [9.17, 15) is 0 Å². The first-order valence-electron chi connectivity index (χ1n) is 25.4. The predicted molar refractivity (Wildman–Crippen MR) is 306 cm³/mol. The first-order chi connectivity index (χ1) is 36.2. The molecule has 3 heteroatoms. The Balaban J connectivity index is 1.09. The van der Waals surface area contributed by atoms with E-state index in [4.69, 9.17) is 0 Å². The summed E-state index contributed by atoms with van der Waals surface area (Å²) in [5.74, 6) is 0. The van der Waals surface area contributed by atoms with Crippen molar-refractivity contribution in [2.24, 2.45) is 0 Å². The topological polar surface area (TPSA) is 9.86 Å². The Hall–Kier alpha value is -8.89. The molecule has 3 heterocycles. The molecule has 344 valence electrons. The molecule has 0 saturated carbocycles. The Kier molecular flexibility index (Phi) is 9.36. The van der Waals surface area contributed by atoms with E-state index in [-0.39, 0.29) is 5.41 Å².